The fourth-order valence-electron chi connectivity index (χ4n) is 4.17. The Morgan fingerprint density at radius 3 is 1.95 bits per heavy atom. The molecule has 1 aliphatic rings. The third kappa shape index (κ3) is 7.47. The number of allylic oxidation sites excluding steroid dienone is 1. The quantitative estimate of drug-likeness (QED) is 0.412. The van der Waals surface area contributed by atoms with Gasteiger partial charge in [0.15, 0.2) is 0 Å². The molecule has 0 aliphatic carbocycles. The molecule has 1 aliphatic heterocycles. The second-order valence-corrected chi connectivity index (χ2v) is 8.15. The zero-order valence-corrected chi connectivity index (χ0v) is 14.4. The summed E-state index contributed by atoms with van der Waals surface area (Å²) in [7, 11) is 0. The van der Waals surface area contributed by atoms with Crippen LogP contribution in [0.4, 0.5) is 0 Å². The van der Waals surface area contributed by atoms with Crippen LogP contribution >= 0.6 is 0 Å². The zero-order valence-electron chi connectivity index (χ0n) is 14.4. The lowest BCUT2D eigenvalue weighted by Crippen LogP contribution is -2.57. The average Bonchev–Trinajstić information content (AvgIpc) is 2.28. The van der Waals surface area contributed by atoms with E-state index in [1.54, 1.807) is 0 Å². The van der Waals surface area contributed by atoms with Crippen LogP contribution in [0.5, 0.6) is 0 Å². The molecule has 0 aromatic rings. The van der Waals surface area contributed by atoms with Gasteiger partial charge in [0.2, 0.25) is 0 Å². The van der Waals surface area contributed by atoms with Gasteiger partial charge in [0.25, 0.3) is 0 Å². The monoisotopic (exact) mass is 279 g/mol. The van der Waals surface area contributed by atoms with Gasteiger partial charge >= 0.3 is 0 Å². The van der Waals surface area contributed by atoms with Gasteiger partial charge in [-0.15, -0.1) is 6.58 Å². The van der Waals surface area contributed by atoms with Crippen LogP contribution in [0.2, 0.25) is 0 Å². The lowest BCUT2D eigenvalue weighted by Gasteiger charge is -2.46. The van der Waals surface area contributed by atoms with Crippen molar-refractivity contribution in [3.05, 3.63) is 12.7 Å². The fraction of sp³-hybridized carbons (Fsp3) is 0.895. The molecule has 0 amide bonds. The van der Waals surface area contributed by atoms with E-state index in [1.165, 1.54) is 64.2 Å². The molecule has 0 spiro atoms. The van der Waals surface area contributed by atoms with Crippen molar-refractivity contribution in [1.29, 1.82) is 0 Å². The first-order chi connectivity index (χ1) is 9.35. The topological polar surface area (TPSA) is 12.0 Å². The fourth-order valence-corrected chi connectivity index (χ4v) is 4.17. The Morgan fingerprint density at radius 2 is 1.40 bits per heavy atom. The molecule has 0 bridgehead atoms. The normalized spacial score (nSPS) is 21.8. The van der Waals surface area contributed by atoms with Crippen molar-refractivity contribution in [2.75, 3.05) is 0 Å². The SMILES string of the molecule is C=CCCCCCCCCC1CC(C)(C)NC(C)(C)C1. The predicted octanol–water partition coefficient (Wildman–Crippen LogP) is 5.85. The first-order valence-corrected chi connectivity index (χ1v) is 8.75. The maximum Gasteiger partial charge on any atom is 0.0132 e. The first kappa shape index (κ1) is 17.8. The van der Waals surface area contributed by atoms with Gasteiger partial charge in [0, 0.05) is 11.1 Å². The maximum atomic E-state index is 3.78. The van der Waals surface area contributed by atoms with E-state index >= 15 is 0 Å². The Labute approximate surface area is 127 Å². The van der Waals surface area contributed by atoms with Crippen LogP contribution in [-0.2, 0) is 0 Å². The van der Waals surface area contributed by atoms with Gasteiger partial charge in [-0.2, -0.15) is 0 Å². The molecule has 118 valence electrons. The number of nitrogens with one attached hydrogen (secondary N) is 1. The lowest BCUT2D eigenvalue weighted by atomic mass is 9.74. The van der Waals surface area contributed by atoms with Crippen molar-refractivity contribution in [1.82, 2.24) is 5.32 Å². The number of hydrogen-bond acceptors (Lipinski definition) is 1. The van der Waals surface area contributed by atoms with Crippen molar-refractivity contribution in [2.24, 2.45) is 5.92 Å². The molecule has 1 heteroatoms. The Morgan fingerprint density at radius 1 is 0.900 bits per heavy atom. The maximum absolute atomic E-state index is 3.78. The summed E-state index contributed by atoms with van der Waals surface area (Å²) in [5.41, 5.74) is 0.633. The summed E-state index contributed by atoms with van der Waals surface area (Å²) < 4.78 is 0. The summed E-state index contributed by atoms with van der Waals surface area (Å²) in [4.78, 5) is 0. The molecule has 1 heterocycles. The molecule has 1 rings (SSSR count). The molecular weight excluding hydrogens is 242 g/mol. The van der Waals surface area contributed by atoms with Crippen LogP contribution in [0.1, 0.15) is 91.9 Å². The Bertz CT molecular complexity index is 261. The number of rotatable bonds is 9. The van der Waals surface area contributed by atoms with E-state index in [2.05, 4.69) is 39.6 Å². The van der Waals surface area contributed by atoms with Crippen molar-refractivity contribution in [3.8, 4) is 0 Å². The Balaban J connectivity index is 2.11. The van der Waals surface area contributed by atoms with Crippen molar-refractivity contribution in [3.63, 3.8) is 0 Å². The molecule has 20 heavy (non-hydrogen) atoms. The lowest BCUT2D eigenvalue weighted by molar-refractivity contribution is 0.122. The summed E-state index contributed by atoms with van der Waals surface area (Å²) in [6.45, 7) is 13.2. The van der Waals surface area contributed by atoms with E-state index in [0.717, 1.165) is 5.92 Å². The minimum Gasteiger partial charge on any atom is -0.307 e. The van der Waals surface area contributed by atoms with Crippen LogP contribution in [0.15, 0.2) is 12.7 Å². The first-order valence-electron chi connectivity index (χ1n) is 8.75. The van der Waals surface area contributed by atoms with Gasteiger partial charge < -0.3 is 5.32 Å². The van der Waals surface area contributed by atoms with Gasteiger partial charge in [-0.05, 0) is 59.3 Å². The van der Waals surface area contributed by atoms with Crippen LogP contribution in [0.3, 0.4) is 0 Å². The van der Waals surface area contributed by atoms with E-state index < -0.39 is 0 Å². The zero-order chi connectivity index (χ0) is 15.1. The molecule has 1 nitrogen and oxygen atoms in total. The third-order valence-corrected chi connectivity index (χ3v) is 4.55. The van der Waals surface area contributed by atoms with E-state index in [0.29, 0.717) is 11.1 Å². The molecule has 0 radical (unpaired) electrons. The van der Waals surface area contributed by atoms with Crippen molar-refractivity contribution in [2.45, 2.75) is 103 Å². The molecular formula is C19H37N. The summed E-state index contributed by atoms with van der Waals surface area (Å²) in [5.74, 6) is 0.919. The summed E-state index contributed by atoms with van der Waals surface area (Å²) in [6, 6.07) is 0. The van der Waals surface area contributed by atoms with Gasteiger partial charge in [0.1, 0.15) is 0 Å². The highest BCUT2D eigenvalue weighted by molar-refractivity contribution is 4.96. The second kappa shape index (κ2) is 8.22. The van der Waals surface area contributed by atoms with Crippen molar-refractivity contribution < 1.29 is 0 Å². The highest BCUT2D eigenvalue weighted by Crippen LogP contribution is 2.35. The molecule has 1 saturated heterocycles. The predicted molar refractivity (Wildman–Crippen MR) is 91.2 cm³/mol. The number of piperidine rings is 1. The molecule has 0 aromatic heterocycles. The summed E-state index contributed by atoms with van der Waals surface area (Å²) in [5, 5.41) is 3.78. The van der Waals surface area contributed by atoms with E-state index in [1.807, 2.05) is 6.08 Å². The largest absolute Gasteiger partial charge is 0.307 e. The Hall–Kier alpha value is -0.300. The highest BCUT2D eigenvalue weighted by Gasteiger charge is 2.36. The van der Waals surface area contributed by atoms with E-state index in [-0.39, 0.29) is 0 Å². The van der Waals surface area contributed by atoms with Crippen LogP contribution < -0.4 is 5.32 Å². The smallest absolute Gasteiger partial charge is 0.0132 e. The average molecular weight is 280 g/mol. The second-order valence-electron chi connectivity index (χ2n) is 8.15. The summed E-state index contributed by atoms with van der Waals surface area (Å²) >= 11 is 0. The molecule has 0 atom stereocenters. The standard InChI is InChI=1S/C19H37N/c1-6-7-8-9-10-11-12-13-14-17-15-18(2,3)20-19(4,5)16-17/h6,17,20H,1,7-16H2,2-5H3. The highest BCUT2D eigenvalue weighted by atomic mass is 15.0. The summed E-state index contributed by atoms with van der Waals surface area (Å²) in [6.07, 6.45) is 15.8. The van der Waals surface area contributed by atoms with Gasteiger partial charge in [-0.25, -0.2) is 0 Å². The van der Waals surface area contributed by atoms with E-state index in [9.17, 15) is 0 Å². The van der Waals surface area contributed by atoms with E-state index in [4.69, 9.17) is 0 Å². The van der Waals surface area contributed by atoms with Gasteiger partial charge in [0.05, 0.1) is 0 Å². The third-order valence-electron chi connectivity index (χ3n) is 4.55. The van der Waals surface area contributed by atoms with Gasteiger partial charge in [-0.3, -0.25) is 0 Å². The van der Waals surface area contributed by atoms with Crippen molar-refractivity contribution >= 4 is 0 Å². The van der Waals surface area contributed by atoms with Crippen LogP contribution in [-0.4, -0.2) is 11.1 Å². The number of unbranched alkanes of at least 4 members (excludes halogenated alkanes) is 6. The number of hydrogen-bond donors (Lipinski definition) is 1. The van der Waals surface area contributed by atoms with Crippen LogP contribution in [0, 0.1) is 5.92 Å². The molecule has 1 fully saturated rings. The molecule has 0 aromatic carbocycles. The van der Waals surface area contributed by atoms with Gasteiger partial charge in [-0.1, -0.05) is 44.6 Å². The minimum atomic E-state index is 0.317. The molecule has 1 N–H and O–H groups in total. The molecule has 0 unspecified atom stereocenters. The van der Waals surface area contributed by atoms with Crippen LogP contribution in [0.25, 0.3) is 0 Å². The molecule has 0 saturated carbocycles. The Kier molecular flexibility index (Phi) is 7.29. The minimum absolute atomic E-state index is 0.317.